The molecule has 0 spiro atoms. The molecule has 156 valence electrons. The molecule has 2 aliphatic rings. The number of carbonyl (C=O) groups is 2. The molecule has 1 aliphatic heterocycles. The van der Waals surface area contributed by atoms with E-state index in [-0.39, 0.29) is 24.3 Å². The molecule has 3 N–H and O–H groups in total. The van der Waals surface area contributed by atoms with Crippen molar-refractivity contribution in [2.45, 2.75) is 59.4 Å². The van der Waals surface area contributed by atoms with Gasteiger partial charge in [-0.2, -0.15) is 0 Å². The zero-order valence-corrected chi connectivity index (χ0v) is 18.6. The van der Waals surface area contributed by atoms with Crippen molar-refractivity contribution in [1.29, 1.82) is 0 Å². The van der Waals surface area contributed by atoms with Crippen molar-refractivity contribution in [2.75, 3.05) is 6.54 Å². The van der Waals surface area contributed by atoms with Gasteiger partial charge in [-0.15, -0.1) is 11.3 Å². The van der Waals surface area contributed by atoms with Gasteiger partial charge in [-0.25, -0.2) is 4.99 Å². The summed E-state index contributed by atoms with van der Waals surface area (Å²) in [4.78, 5) is 30.2. The summed E-state index contributed by atoms with van der Waals surface area (Å²) in [5, 5.41) is 4.88. The predicted molar refractivity (Wildman–Crippen MR) is 120 cm³/mol. The van der Waals surface area contributed by atoms with Crippen molar-refractivity contribution in [2.24, 2.45) is 22.6 Å². The minimum atomic E-state index is -0.376. The number of aliphatic imine (C=N–C) groups is 1. The molecule has 1 aromatic heterocycles. The number of nitrogens with two attached hydrogens (primary N) is 1. The number of nitrogens with one attached hydrogen (secondary N) is 1. The van der Waals surface area contributed by atoms with Crippen LogP contribution < -0.4 is 11.1 Å². The van der Waals surface area contributed by atoms with Crippen LogP contribution in [0.5, 0.6) is 0 Å². The average molecular weight is 414 g/mol. The van der Waals surface area contributed by atoms with Gasteiger partial charge in [-0.1, -0.05) is 11.6 Å². The lowest BCUT2D eigenvalue weighted by atomic mass is 9.80. The highest BCUT2D eigenvalue weighted by Gasteiger charge is 2.27. The first-order chi connectivity index (χ1) is 13.8. The van der Waals surface area contributed by atoms with Crippen LogP contribution in [0.25, 0.3) is 5.57 Å². The Morgan fingerprint density at radius 3 is 2.59 bits per heavy atom. The number of carbonyl (C=O) groups excluding carboxylic acids is 2. The van der Waals surface area contributed by atoms with Crippen molar-refractivity contribution >= 4 is 34.4 Å². The van der Waals surface area contributed by atoms with Crippen LogP contribution in [0.3, 0.4) is 0 Å². The molecule has 2 amide bonds. The van der Waals surface area contributed by atoms with Crippen LogP contribution in [-0.2, 0) is 4.79 Å². The van der Waals surface area contributed by atoms with Crippen LogP contribution in [0.15, 0.2) is 28.1 Å². The lowest BCUT2D eigenvalue weighted by Gasteiger charge is -2.28. The molecule has 6 heteroatoms. The number of hydrogen-bond acceptors (Lipinski definition) is 4. The molecule has 1 aromatic rings. The van der Waals surface area contributed by atoms with E-state index in [1.54, 1.807) is 11.3 Å². The maximum Gasteiger partial charge on any atom is 0.254 e. The SMILES string of the molecule is C/C=C(/c1scc(C(=O)NCC2C(=O)N=C(C)C=C2C)c1C)C1CCC(N)CC1. The Morgan fingerprint density at radius 1 is 1.28 bits per heavy atom. The fourth-order valence-corrected chi connectivity index (χ4v) is 5.58. The molecule has 1 atom stereocenters. The summed E-state index contributed by atoms with van der Waals surface area (Å²) >= 11 is 1.63. The normalized spacial score (nSPS) is 25.5. The maximum absolute atomic E-state index is 12.8. The lowest BCUT2D eigenvalue weighted by Crippen LogP contribution is -2.34. The molecule has 3 rings (SSSR count). The molecular formula is C23H31N3O2S. The maximum atomic E-state index is 12.8. The molecule has 0 saturated heterocycles. The number of hydrogen-bond donors (Lipinski definition) is 2. The highest BCUT2D eigenvalue weighted by atomic mass is 32.1. The number of dihydropyridines is 1. The third kappa shape index (κ3) is 4.75. The molecule has 1 unspecified atom stereocenters. The van der Waals surface area contributed by atoms with Gasteiger partial charge in [0.2, 0.25) is 0 Å². The zero-order valence-electron chi connectivity index (χ0n) is 17.7. The first-order valence-electron chi connectivity index (χ1n) is 10.4. The second-order valence-electron chi connectivity index (χ2n) is 8.20. The smallest absolute Gasteiger partial charge is 0.254 e. The van der Waals surface area contributed by atoms with E-state index < -0.39 is 0 Å². The van der Waals surface area contributed by atoms with Crippen molar-refractivity contribution < 1.29 is 9.59 Å². The van der Waals surface area contributed by atoms with Crippen molar-refractivity contribution in [3.8, 4) is 0 Å². The number of allylic oxidation sites excluding steroid dienone is 3. The second-order valence-corrected chi connectivity index (χ2v) is 9.08. The molecular weight excluding hydrogens is 382 g/mol. The topological polar surface area (TPSA) is 84.5 Å². The van der Waals surface area contributed by atoms with Crippen molar-refractivity contribution in [3.05, 3.63) is 39.1 Å². The minimum absolute atomic E-state index is 0.127. The Balaban J connectivity index is 1.69. The van der Waals surface area contributed by atoms with Gasteiger partial charge >= 0.3 is 0 Å². The fourth-order valence-electron chi connectivity index (χ4n) is 4.35. The number of thiophene rings is 1. The highest BCUT2D eigenvalue weighted by molar-refractivity contribution is 7.11. The van der Waals surface area contributed by atoms with E-state index in [4.69, 9.17) is 5.73 Å². The lowest BCUT2D eigenvalue weighted by molar-refractivity contribution is -0.120. The first kappa shape index (κ1) is 21.7. The van der Waals surface area contributed by atoms with E-state index in [0.29, 0.717) is 17.5 Å². The Hall–Kier alpha value is -2.05. The predicted octanol–water partition coefficient (Wildman–Crippen LogP) is 4.27. The third-order valence-electron chi connectivity index (χ3n) is 6.11. The molecule has 29 heavy (non-hydrogen) atoms. The third-order valence-corrected chi connectivity index (χ3v) is 7.24. The van der Waals surface area contributed by atoms with Gasteiger partial charge in [0.1, 0.15) is 0 Å². The Morgan fingerprint density at radius 2 is 1.97 bits per heavy atom. The van der Waals surface area contributed by atoms with E-state index in [1.807, 2.05) is 32.2 Å². The first-order valence-corrected chi connectivity index (χ1v) is 11.3. The van der Waals surface area contributed by atoms with E-state index >= 15 is 0 Å². The average Bonchev–Trinajstić information content (AvgIpc) is 3.04. The summed E-state index contributed by atoms with van der Waals surface area (Å²) in [5.74, 6) is -0.171. The molecule has 1 fully saturated rings. The molecule has 1 aliphatic carbocycles. The highest BCUT2D eigenvalue weighted by Crippen LogP contribution is 2.39. The molecule has 0 radical (unpaired) electrons. The number of rotatable bonds is 5. The monoisotopic (exact) mass is 413 g/mol. The number of nitrogens with zero attached hydrogens (tertiary/aromatic N) is 1. The molecule has 2 heterocycles. The van der Waals surface area contributed by atoms with Crippen LogP contribution in [0.2, 0.25) is 0 Å². The summed E-state index contributed by atoms with van der Waals surface area (Å²) in [5.41, 5.74) is 10.8. The minimum Gasteiger partial charge on any atom is -0.351 e. The summed E-state index contributed by atoms with van der Waals surface area (Å²) in [6.45, 7) is 8.09. The van der Waals surface area contributed by atoms with Gasteiger partial charge in [-0.3, -0.25) is 9.59 Å². The van der Waals surface area contributed by atoms with E-state index in [9.17, 15) is 9.59 Å². The largest absolute Gasteiger partial charge is 0.351 e. The van der Waals surface area contributed by atoms with Crippen LogP contribution in [0.4, 0.5) is 0 Å². The number of amides is 2. The Labute approximate surface area is 177 Å². The van der Waals surface area contributed by atoms with E-state index in [2.05, 4.69) is 23.3 Å². The second kappa shape index (κ2) is 9.18. The molecule has 1 saturated carbocycles. The van der Waals surface area contributed by atoms with Crippen LogP contribution in [-0.4, -0.2) is 30.1 Å². The van der Waals surface area contributed by atoms with Gasteiger partial charge in [0.25, 0.3) is 11.8 Å². The molecule has 0 bridgehead atoms. The molecule has 5 nitrogen and oxygen atoms in total. The quantitative estimate of drug-likeness (QED) is 0.756. The van der Waals surface area contributed by atoms with E-state index in [1.165, 1.54) is 10.5 Å². The van der Waals surface area contributed by atoms with E-state index in [0.717, 1.165) is 42.5 Å². The molecule has 0 aromatic carbocycles. The Kier molecular flexibility index (Phi) is 6.85. The van der Waals surface area contributed by atoms with Gasteiger partial charge in [-0.05, 0) is 76.5 Å². The summed E-state index contributed by atoms with van der Waals surface area (Å²) in [6.07, 6.45) is 8.43. The zero-order chi connectivity index (χ0) is 21.1. The van der Waals surface area contributed by atoms with Crippen LogP contribution >= 0.6 is 11.3 Å². The fraction of sp³-hybridized carbons (Fsp3) is 0.522. The summed E-state index contributed by atoms with van der Waals surface area (Å²) in [6, 6.07) is 0.322. The van der Waals surface area contributed by atoms with Crippen LogP contribution in [0.1, 0.15) is 67.3 Å². The standard InChI is InChI=1S/C23H31N3O2S/c1-5-18(16-6-8-17(24)9-7-16)21-15(4)20(12-29-21)22(27)25-11-19-13(2)10-14(3)26-23(19)28/h5,10,12,16-17,19H,6-9,11,24H2,1-4H3,(H,25,27)/b18-5+. The van der Waals surface area contributed by atoms with Gasteiger partial charge in [0, 0.05) is 28.6 Å². The summed E-state index contributed by atoms with van der Waals surface area (Å²) < 4.78 is 0. The summed E-state index contributed by atoms with van der Waals surface area (Å²) in [7, 11) is 0. The van der Waals surface area contributed by atoms with Crippen LogP contribution in [0, 0.1) is 18.8 Å². The van der Waals surface area contributed by atoms with Crippen molar-refractivity contribution in [3.63, 3.8) is 0 Å². The van der Waals surface area contributed by atoms with Gasteiger partial charge in [0.15, 0.2) is 0 Å². The van der Waals surface area contributed by atoms with Gasteiger partial charge < -0.3 is 11.1 Å². The van der Waals surface area contributed by atoms with Crippen molar-refractivity contribution in [1.82, 2.24) is 5.32 Å². The Bertz CT molecular complexity index is 886. The van der Waals surface area contributed by atoms with Gasteiger partial charge in [0.05, 0.1) is 11.5 Å².